The molecule has 0 radical (unpaired) electrons. The predicted octanol–water partition coefficient (Wildman–Crippen LogP) is 3.46. The minimum atomic E-state index is -0.425. The van der Waals surface area contributed by atoms with Crippen LogP contribution in [0.25, 0.3) is 22.1 Å². The van der Waals surface area contributed by atoms with Crippen molar-refractivity contribution in [2.24, 2.45) is 0 Å². The fourth-order valence-electron chi connectivity index (χ4n) is 2.99. The van der Waals surface area contributed by atoms with Crippen LogP contribution in [0.2, 0.25) is 0 Å². The van der Waals surface area contributed by atoms with Crippen LogP contribution in [0, 0.1) is 6.92 Å². The average molecular weight is 352 g/mol. The number of hydrogen-bond donors (Lipinski definition) is 0. The van der Waals surface area contributed by atoms with E-state index in [1.54, 1.807) is 36.4 Å². The third-order valence-electron chi connectivity index (χ3n) is 4.24. The smallest absolute Gasteiger partial charge is 0.344 e. The van der Waals surface area contributed by atoms with Gasteiger partial charge >= 0.3 is 5.63 Å². The lowest BCUT2D eigenvalue weighted by atomic mass is 9.99. The number of aryl methyl sites for hydroxylation is 1. The van der Waals surface area contributed by atoms with E-state index < -0.39 is 5.63 Å². The van der Waals surface area contributed by atoms with Crippen molar-refractivity contribution in [2.45, 2.75) is 13.8 Å². The molecule has 1 aromatic heterocycles. The predicted molar refractivity (Wildman–Crippen MR) is 95.0 cm³/mol. The van der Waals surface area contributed by atoms with Gasteiger partial charge in [-0.25, -0.2) is 4.79 Å². The molecule has 0 unspecified atom stereocenters. The highest BCUT2D eigenvalue weighted by molar-refractivity contribution is 5.88. The highest BCUT2D eigenvalue weighted by atomic mass is 16.7. The largest absolute Gasteiger partial charge is 0.486 e. The normalized spacial score (nSPS) is 12.4. The Bertz CT molecular complexity index is 1080. The van der Waals surface area contributed by atoms with Gasteiger partial charge in [-0.05, 0) is 55.3 Å². The molecule has 0 fully saturated rings. The molecule has 0 N–H and O–H groups in total. The van der Waals surface area contributed by atoms with Crippen molar-refractivity contribution in [3.63, 3.8) is 0 Å². The zero-order chi connectivity index (χ0) is 18.3. The van der Waals surface area contributed by atoms with E-state index in [4.69, 9.17) is 18.6 Å². The van der Waals surface area contributed by atoms with Crippen molar-refractivity contribution < 1.29 is 23.4 Å². The molecule has 0 bridgehead atoms. The minimum absolute atomic E-state index is 0.00362. The number of Topliss-reactive ketones (excluding diaryl/α,β-unsaturated/α-hetero) is 1. The number of carbonyl (C=O) groups is 1. The number of hydrogen-bond acceptors (Lipinski definition) is 6. The molecule has 0 saturated carbocycles. The second-order valence-electron chi connectivity index (χ2n) is 6.11. The zero-order valence-electron chi connectivity index (χ0n) is 14.3. The standard InChI is InChI=1S/C20H16O6/c1-11(21)9-23-14-4-6-16-15(8-14)12(2)19(20(22)26-16)13-3-5-17-18(7-13)25-10-24-17/h3-8H,9-10H2,1-2H3. The number of fused-ring (bicyclic) bond motifs is 2. The van der Waals surface area contributed by atoms with E-state index >= 15 is 0 Å². The van der Waals surface area contributed by atoms with Crippen molar-refractivity contribution in [1.82, 2.24) is 0 Å². The first kappa shape index (κ1) is 16.2. The van der Waals surface area contributed by atoms with Crippen molar-refractivity contribution in [3.05, 3.63) is 52.4 Å². The molecule has 3 aromatic rings. The number of benzene rings is 2. The van der Waals surface area contributed by atoms with Gasteiger partial charge in [0.05, 0.1) is 5.56 Å². The molecule has 4 rings (SSSR count). The van der Waals surface area contributed by atoms with Gasteiger partial charge in [-0.2, -0.15) is 0 Å². The van der Waals surface area contributed by atoms with Gasteiger partial charge in [0.25, 0.3) is 0 Å². The SMILES string of the molecule is CC(=O)COc1ccc2oc(=O)c(-c3ccc4c(c3)OCO4)c(C)c2c1. The summed E-state index contributed by atoms with van der Waals surface area (Å²) in [6.45, 7) is 3.48. The molecule has 1 aliphatic rings. The quantitative estimate of drug-likeness (QED) is 0.670. The highest BCUT2D eigenvalue weighted by Crippen LogP contribution is 2.37. The lowest BCUT2D eigenvalue weighted by molar-refractivity contribution is -0.118. The number of rotatable bonds is 4. The van der Waals surface area contributed by atoms with E-state index in [-0.39, 0.29) is 19.2 Å². The molecule has 2 aromatic carbocycles. The van der Waals surface area contributed by atoms with Crippen LogP contribution in [0.1, 0.15) is 12.5 Å². The number of ketones is 1. The van der Waals surface area contributed by atoms with Crippen LogP contribution in [0.15, 0.2) is 45.6 Å². The first-order valence-electron chi connectivity index (χ1n) is 8.12. The van der Waals surface area contributed by atoms with Crippen molar-refractivity contribution in [3.8, 4) is 28.4 Å². The molecular weight excluding hydrogens is 336 g/mol. The fourth-order valence-corrected chi connectivity index (χ4v) is 2.99. The van der Waals surface area contributed by atoms with Crippen LogP contribution in [-0.2, 0) is 4.79 Å². The van der Waals surface area contributed by atoms with Gasteiger partial charge in [-0.3, -0.25) is 4.79 Å². The molecule has 26 heavy (non-hydrogen) atoms. The third-order valence-corrected chi connectivity index (χ3v) is 4.24. The monoisotopic (exact) mass is 352 g/mol. The van der Waals surface area contributed by atoms with E-state index in [0.717, 1.165) is 10.9 Å². The Kier molecular flexibility index (Phi) is 3.88. The summed E-state index contributed by atoms with van der Waals surface area (Å²) in [5, 5.41) is 0.748. The van der Waals surface area contributed by atoms with Crippen LogP contribution < -0.4 is 19.8 Å². The van der Waals surface area contributed by atoms with Gasteiger partial charge in [0.2, 0.25) is 6.79 Å². The molecule has 132 valence electrons. The molecule has 2 heterocycles. The maximum Gasteiger partial charge on any atom is 0.344 e. The molecule has 0 spiro atoms. The van der Waals surface area contributed by atoms with Gasteiger partial charge in [-0.1, -0.05) is 6.07 Å². The molecule has 0 aliphatic carbocycles. The van der Waals surface area contributed by atoms with Crippen LogP contribution in [0.3, 0.4) is 0 Å². The van der Waals surface area contributed by atoms with Gasteiger partial charge < -0.3 is 18.6 Å². The third kappa shape index (κ3) is 2.79. The maximum atomic E-state index is 12.5. The summed E-state index contributed by atoms with van der Waals surface area (Å²) >= 11 is 0. The Hall–Kier alpha value is -3.28. The van der Waals surface area contributed by atoms with Crippen LogP contribution >= 0.6 is 0 Å². The first-order valence-corrected chi connectivity index (χ1v) is 8.12. The van der Waals surface area contributed by atoms with Gasteiger partial charge in [-0.15, -0.1) is 0 Å². The van der Waals surface area contributed by atoms with Crippen LogP contribution in [0.4, 0.5) is 0 Å². The summed E-state index contributed by atoms with van der Waals surface area (Å²) in [6.07, 6.45) is 0. The lowest BCUT2D eigenvalue weighted by Crippen LogP contribution is -2.08. The Morgan fingerprint density at radius 1 is 1.12 bits per heavy atom. The highest BCUT2D eigenvalue weighted by Gasteiger charge is 2.18. The van der Waals surface area contributed by atoms with Crippen LogP contribution in [-0.4, -0.2) is 19.2 Å². The molecular formula is C20H16O6. The second-order valence-corrected chi connectivity index (χ2v) is 6.11. The maximum absolute atomic E-state index is 12.5. The van der Waals surface area contributed by atoms with Gasteiger partial charge in [0, 0.05) is 5.39 Å². The van der Waals surface area contributed by atoms with E-state index in [1.807, 2.05) is 6.92 Å². The fraction of sp³-hybridized carbons (Fsp3) is 0.200. The second kappa shape index (κ2) is 6.22. The molecule has 0 amide bonds. The Morgan fingerprint density at radius 3 is 2.73 bits per heavy atom. The Balaban J connectivity index is 1.84. The van der Waals surface area contributed by atoms with E-state index in [9.17, 15) is 9.59 Å². The summed E-state index contributed by atoms with van der Waals surface area (Å²) in [7, 11) is 0. The number of carbonyl (C=O) groups excluding carboxylic acids is 1. The summed E-state index contributed by atoms with van der Waals surface area (Å²) in [5.41, 5.74) is 1.96. The van der Waals surface area contributed by atoms with Gasteiger partial charge in [0.15, 0.2) is 17.3 Å². The molecule has 0 saturated heterocycles. The van der Waals surface area contributed by atoms with Gasteiger partial charge in [0.1, 0.15) is 17.9 Å². The summed E-state index contributed by atoms with van der Waals surface area (Å²) < 4.78 is 21.6. The molecule has 6 nitrogen and oxygen atoms in total. The average Bonchev–Trinajstić information content (AvgIpc) is 3.08. The van der Waals surface area contributed by atoms with Crippen molar-refractivity contribution in [1.29, 1.82) is 0 Å². The minimum Gasteiger partial charge on any atom is -0.486 e. The molecule has 0 atom stereocenters. The summed E-state index contributed by atoms with van der Waals surface area (Å²) in [6, 6.07) is 10.5. The zero-order valence-corrected chi connectivity index (χ0v) is 14.3. The molecule has 6 heteroatoms. The number of ether oxygens (including phenoxy) is 3. The topological polar surface area (TPSA) is 75.0 Å². The first-order chi connectivity index (χ1) is 12.5. The van der Waals surface area contributed by atoms with Crippen molar-refractivity contribution in [2.75, 3.05) is 13.4 Å². The Morgan fingerprint density at radius 2 is 1.92 bits per heavy atom. The van der Waals surface area contributed by atoms with E-state index in [1.165, 1.54) is 6.92 Å². The Labute approximate surface area is 148 Å². The molecule has 1 aliphatic heterocycles. The van der Waals surface area contributed by atoms with Crippen LogP contribution in [0.5, 0.6) is 17.2 Å². The lowest BCUT2D eigenvalue weighted by Gasteiger charge is -2.10. The van der Waals surface area contributed by atoms with E-state index in [2.05, 4.69) is 0 Å². The summed E-state index contributed by atoms with van der Waals surface area (Å²) in [5.74, 6) is 1.72. The van der Waals surface area contributed by atoms with Crippen molar-refractivity contribution >= 4 is 16.8 Å². The van der Waals surface area contributed by atoms with E-state index in [0.29, 0.717) is 34.0 Å². The summed E-state index contributed by atoms with van der Waals surface area (Å²) in [4.78, 5) is 23.7.